The largest absolute Gasteiger partial charge is 0.317 e. The van der Waals surface area contributed by atoms with Gasteiger partial charge >= 0.3 is 0 Å². The van der Waals surface area contributed by atoms with E-state index in [2.05, 4.69) is 13.8 Å². The van der Waals surface area contributed by atoms with E-state index in [1.807, 2.05) is 26.3 Å². The molecular weight excluding hydrogens is 138 g/mol. The molecule has 2 nitrogen and oxygen atoms in total. The molecule has 0 radical (unpaired) electrons. The SMILES string of the molecule is CC.CC1(C)CC1.CCNO.[HH]. The fourth-order valence-electron chi connectivity index (χ4n) is 0.250. The number of hydroxylamine groups is 1. The van der Waals surface area contributed by atoms with Gasteiger partial charge in [-0.2, -0.15) is 0 Å². The highest BCUT2D eigenvalue weighted by atomic mass is 16.5. The Morgan fingerprint density at radius 3 is 1.55 bits per heavy atom. The Balaban J connectivity index is -0.000000107. The summed E-state index contributed by atoms with van der Waals surface area (Å²) in [6, 6.07) is 0. The number of hydrogen-bond donors (Lipinski definition) is 2. The molecule has 0 amide bonds. The van der Waals surface area contributed by atoms with Crippen LogP contribution in [0.2, 0.25) is 0 Å². The third-order valence-corrected chi connectivity index (χ3v) is 1.41. The summed E-state index contributed by atoms with van der Waals surface area (Å²) in [7, 11) is 0. The monoisotopic (exact) mass is 163 g/mol. The first-order valence-corrected chi connectivity index (χ1v) is 4.49. The summed E-state index contributed by atoms with van der Waals surface area (Å²) in [6.07, 6.45) is 2.90. The lowest BCUT2D eigenvalue weighted by Gasteiger charge is -1.86. The molecule has 1 aliphatic carbocycles. The predicted octanol–water partition coefficient (Wildman–Crippen LogP) is 3.06. The van der Waals surface area contributed by atoms with Crippen LogP contribution in [0.15, 0.2) is 0 Å². The van der Waals surface area contributed by atoms with E-state index in [-0.39, 0.29) is 1.43 Å². The van der Waals surface area contributed by atoms with Crippen LogP contribution in [0, 0.1) is 5.41 Å². The Hall–Kier alpha value is -0.0800. The van der Waals surface area contributed by atoms with Crippen LogP contribution < -0.4 is 5.48 Å². The first-order valence-electron chi connectivity index (χ1n) is 4.49. The van der Waals surface area contributed by atoms with Crippen LogP contribution in [0.25, 0.3) is 0 Å². The molecule has 0 bridgehead atoms. The zero-order valence-corrected chi connectivity index (χ0v) is 8.57. The second kappa shape index (κ2) is 8.02. The fraction of sp³-hybridized carbons (Fsp3) is 1.00. The van der Waals surface area contributed by atoms with E-state index < -0.39 is 0 Å². The maximum absolute atomic E-state index is 7.62. The summed E-state index contributed by atoms with van der Waals surface area (Å²) >= 11 is 0. The normalized spacial score (nSPS) is 16.9. The van der Waals surface area contributed by atoms with Gasteiger partial charge in [-0.05, 0) is 18.3 Å². The van der Waals surface area contributed by atoms with E-state index in [1.165, 1.54) is 12.8 Å². The van der Waals surface area contributed by atoms with Crippen LogP contribution in [0.5, 0.6) is 0 Å². The van der Waals surface area contributed by atoms with Gasteiger partial charge in [-0.25, -0.2) is 5.48 Å². The van der Waals surface area contributed by atoms with Crippen LogP contribution in [-0.2, 0) is 0 Å². The molecule has 1 aliphatic rings. The first kappa shape index (κ1) is 13.5. The second-order valence-electron chi connectivity index (χ2n) is 3.18. The highest BCUT2D eigenvalue weighted by molar-refractivity contribution is 4.82. The molecule has 0 aliphatic heterocycles. The van der Waals surface area contributed by atoms with Crippen molar-refractivity contribution in [1.29, 1.82) is 0 Å². The van der Waals surface area contributed by atoms with Gasteiger partial charge in [0, 0.05) is 7.97 Å². The molecule has 0 unspecified atom stereocenters. The average Bonchev–Trinajstić information content (AvgIpc) is 2.71. The van der Waals surface area contributed by atoms with Crippen molar-refractivity contribution in [3.63, 3.8) is 0 Å². The van der Waals surface area contributed by atoms with Gasteiger partial charge in [0.1, 0.15) is 0 Å². The lowest BCUT2D eigenvalue weighted by atomic mass is 10.2. The molecule has 1 saturated carbocycles. The van der Waals surface area contributed by atoms with Gasteiger partial charge < -0.3 is 5.21 Å². The predicted molar refractivity (Wildman–Crippen MR) is 51.9 cm³/mol. The minimum Gasteiger partial charge on any atom is -0.317 e. The first-order chi connectivity index (χ1) is 5.12. The topological polar surface area (TPSA) is 32.3 Å². The summed E-state index contributed by atoms with van der Waals surface area (Å²) in [4.78, 5) is 0. The van der Waals surface area contributed by atoms with Crippen LogP contribution in [0.1, 0.15) is 48.9 Å². The summed E-state index contributed by atoms with van der Waals surface area (Å²) in [5, 5.41) is 7.62. The molecule has 2 N–H and O–H groups in total. The van der Waals surface area contributed by atoms with Crippen LogP contribution >= 0.6 is 0 Å². The maximum Gasteiger partial charge on any atom is 0.0179 e. The zero-order valence-electron chi connectivity index (χ0n) is 8.57. The fourth-order valence-corrected chi connectivity index (χ4v) is 0.250. The van der Waals surface area contributed by atoms with Crippen molar-refractivity contribution >= 4 is 0 Å². The quantitative estimate of drug-likeness (QED) is 0.582. The molecule has 1 fully saturated rings. The van der Waals surface area contributed by atoms with Gasteiger partial charge in [0.05, 0.1) is 0 Å². The molecule has 0 aromatic carbocycles. The standard InChI is InChI=1S/C5H10.C2H7NO.C2H6.H2/c1-5(2)3-4-5;1-2-3-4;1-2;/h3-4H2,1-2H3;3-4H,2H2,1H3;1-2H3;1H. The Labute approximate surface area is 72.4 Å². The van der Waals surface area contributed by atoms with E-state index in [0.29, 0.717) is 6.54 Å². The molecule has 11 heavy (non-hydrogen) atoms. The van der Waals surface area contributed by atoms with Gasteiger partial charge in [-0.1, -0.05) is 34.6 Å². The highest BCUT2D eigenvalue weighted by Crippen LogP contribution is 2.43. The minimum absolute atomic E-state index is 0. The van der Waals surface area contributed by atoms with Gasteiger partial charge in [0.2, 0.25) is 0 Å². The van der Waals surface area contributed by atoms with E-state index in [4.69, 9.17) is 5.21 Å². The van der Waals surface area contributed by atoms with Crippen LogP contribution in [0.3, 0.4) is 0 Å². The molecular formula is C9H25NO. The number of rotatable bonds is 1. The smallest absolute Gasteiger partial charge is 0.0179 e. The molecule has 0 aromatic rings. The van der Waals surface area contributed by atoms with Crippen molar-refractivity contribution < 1.29 is 6.63 Å². The Morgan fingerprint density at radius 2 is 1.55 bits per heavy atom. The summed E-state index contributed by atoms with van der Waals surface area (Å²) in [5.41, 5.74) is 2.68. The van der Waals surface area contributed by atoms with Gasteiger partial charge in [0.25, 0.3) is 0 Å². The lowest BCUT2D eigenvalue weighted by molar-refractivity contribution is 0.173. The van der Waals surface area contributed by atoms with E-state index in [1.54, 1.807) is 0 Å². The van der Waals surface area contributed by atoms with Crippen molar-refractivity contribution in [2.75, 3.05) is 6.54 Å². The van der Waals surface area contributed by atoms with Crippen molar-refractivity contribution in [3.8, 4) is 0 Å². The zero-order chi connectivity index (χ0) is 9.33. The third-order valence-electron chi connectivity index (χ3n) is 1.41. The number of nitrogens with one attached hydrogen (secondary N) is 1. The Morgan fingerprint density at radius 1 is 1.36 bits per heavy atom. The van der Waals surface area contributed by atoms with Gasteiger partial charge in [-0.15, -0.1) is 0 Å². The molecule has 2 heteroatoms. The molecule has 0 heterocycles. The molecule has 1 rings (SSSR count). The number of hydrogen-bond acceptors (Lipinski definition) is 2. The summed E-state index contributed by atoms with van der Waals surface area (Å²) in [6.45, 7) is 11.0. The average molecular weight is 163 g/mol. The molecule has 0 spiro atoms. The third kappa shape index (κ3) is 17.8. The highest BCUT2D eigenvalue weighted by Gasteiger charge is 2.30. The van der Waals surface area contributed by atoms with E-state index in [0.717, 1.165) is 5.41 Å². The Kier molecular flexibility index (Phi) is 9.85. The van der Waals surface area contributed by atoms with E-state index in [9.17, 15) is 0 Å². The second-order valence-corrected chi connectivity index (χ2v) is 3.18. The van der Waals surface area contributed by atoms with Crippen molar-refractivity contribution in [1.82, 2.24) is 5.48 Å². The maximum atomic E-state index is 7.62. The summed E-state index contributed by atoms with van der Waals surface area (Å²) in [5.74, 6) is 0. The van der Waals surface area contributed by atoms with Crippen molar-refractivity contribution in [2.45, 2.75) is 47.5 Å². The molecule has 0 atom stereocenters. The van der Waals surface area contributed by atoms with Gasteiger partial charge in [-0.3, -0.25) is 0 Å². The van der Waals surface area contributed by atoms with Crippen molar-refractivity contribution in [3.05, 3.63) is 0 Å². The molecule has 0 aromatic heterocycles. The molecule has 72 valence electrons. The Bertz CT molecular complexity index is 68.9. The van der Waals surface area contributed by atoms with Crippen LogP contribution in [0.4, 0.5) is 0 Å². The molecule has 0 saturated heterocycles. The summed E-state index contributed by atoms with van der Waals surface area (Å²) < 4.78 is 0. The van der Waals surface area contributed by atoms with Crippen LogP contribution in [-0.4, -0.2) is 11.8 Å². The van der Waals surface area contributed by atoms with Crippen molar-refractivity contribution in [2.24, 2.45) is 5.41 Å². The van der Waals surface area contributed by atoms with E-state index >= 15 is 0 Å². The van der Waals surface area contributed by atoms with Gasteiger partial charge in [0.15, 0.2) is 0 Å². The lowest BCUT2D eigenvalue weighted by Crippen LogP contribution is -2.02. The minimum atomic E-state index is 0.